The number of methoxy groups -OCH3 is 1. The molecule has 0 spiro atoms. The van der Waals surface area contributed by atoms with Gasteiger partial charge < -0.3 is 15.4 Å². The van der Waals surface area contributed by atoms with Crippen molar-refractivity contribution in [2.45, 2.75) is 19.9 Å². The highest BCUT2D eigenvalue weighted by Gasteiger charge is 2.14. The van der Waals surface area contributed by atoms with Gasteiger partial charge in [0.05, 0.1) is 18.8 Å². The first kappa shape index (κ1) is 17.4. The SMILES string of the molecule is COc1ccc(C)cc1NC(=O)N[C@H](C)c1ccc(Cl)cc1Cl. The third-order valence-corrected chi connectivity index (χ3v) is 3.94. The molecule has 0 radical (unpaired) electrons. The molecule has 4 nitrogen and oxygen atoms in total. The minimum atomic E-state index is -0.340. The molecule has 0 heterocycles. The Morgan fingerprint density at radius 1 is 1.17 bits per heavy atom. The Balaban J connectivity index is 2.09. The van der Waals surface area contributed by atoms with Gasteiger partial charge in [-0.2, -0.15) is 0 Å². The second kappa shape index (κ2) is 7.57. The van der Waals surface area contributed by atoms with Crippen molar-refractivity contribution in [2.24, 2.45) is 0 Å². The third kappa shape index (κ3) is 4.53. The highest BCUT2D eigenvalue weighted by atomic mass is 35.5. The van der Waals surface area contributed by atoms with Crippen LogP contribution in [0.5, 0.6) is 5.75 Å². The second-order valence-corrected chi connectivity index (χ2v) is 6.03. The van der Waals surface area contributed by atoms with E-state index >= 15 is 0 Å². The van der Waals surface area contributed by atoms with E-state index in [1.165, 1.54) is 0 Å². The molecule has 0 aromatic heterocycles. The number of urea groups is 1. The molecule has 2 amide bonds. The molecule has 2 rings (SSSR count). The Kier molecular flexibility index (Phi) is 5.74. The van der Waals surface area contributed by atoms with Crippen LogP contribution in [-0.2, 0) is 0 Å². The minimum Gasteiger partial charge on any atom is -0.495 e. The monoisotopic (exact) mass is 352 g/mol. The number of benzene rings is 2. The smallest absolute Gasteiger partial charge is 0.319 e. The van der Waals surface area contributed by atoms with Crippen molar-refractivity contribution < 1.29 is 9.53 Å². The number of aryl methyl sites for hydroxylation is 1. The Labute approximate surface area is 145 Å². The molecule has 0 bridgehead atoms. The van der Waals surface area contributed by atoms with Crippen LogP contribution < -0.4 is 15.4 Å². The van der Waals surface area contributed by atoms with E-state index in [4.69, 9.17) is 27.9 Å². The van der Waals surface area contributed by atoms with Crippen LogP contribution in [0.1, 0.15) is 24.1 Å². The largest absolute Gasteiger partial charge is 0.495 e. The van der Waals surface area contributed by atoms with Gasteiger partial charge >= 0.3 is 6.03 Å². The molecule has 0 fully saturated rings. The van der Waals surface area contributed by atoms with E-state index in [-0.39, 0.29) is 12.1 Å². The lowest BCUT2D eigenvalue weighted by Gasteiger charge is -2.17. The van der Waals surface area contributed by atoms with Gasteiger partial charge in [-0.3, -0.25) is 0 Å². The maximum atomic E-state index is 12.2. The molecule has 0 unspecified atom stereocenters. The predicted octanol–water partition coefficient (Wildman–Crippen LogP) is 5.19. The number of ether oxygens (including phenoxy) is 1. The van der Waals surface area contributed by atoms with E-state index in [9.17, 15) is 4.79 Å². The lowest BCUT2D eigenvalue weighted by atomic mass is 10.1. The van der Waals surface area contributed by atoms with Crippen molar-refractivity contribution in [3.63, 3.8) is 0 Å². The third-order valence-electron chi connectivity index (χ3n) is 3.38. The first-order valence-electron chi connectivity index (χ1n) is 7.08. The molecule has 2 aromatic carbocycles. The first-order chi connectivity index (χ1) is 10.9. The molecule has 2 aromatic rings. The molecule has 23 heavy (non-hydrogen) atoms. The average Bonchev–Trinajstić information content (AvgIpc) is 2.47. The van der Waals surface area contributed by atoms with Crippen LogP contribution in [0, 0.1) is 6.92 Å². The van der Waals surface area contributed by atoms with Crippen molar-refractivity contribution >= 4 is 34.9 Å². The Bertz CT molecular complexity index is 720. The number of carbonyl (C=O) groups is 1. The van der Waals surface area contributed by atoms with Gasteiger partial charge in [-0.05, 0) is 49.2 Å². The molecule has 0 saturated heterocycles. The van der Waals surface area contributed by atoms with Crippen LogP contribution in [0.15, 0.2) is 36.4 Å². The summed E-state index contributed by atoms with van der Waals surface area (Å²) in [5.41, 5.74) is 2.43. The summed E-state index contributed by atoms with van der Waals surface area (Å²) in [7, 11) is 1.56. The zero-order valence-corrected chi connectivity index (χ0v) is 14.6. The van der Waals surface area contributed by atoms with Gasteiger partial charge in [0.15, 0.2) is 0 Å². The maximum Gasteiger partial charge on any atom is 0.319 e. The van der Waals surface area contributed by atoms with Crippen LogP contribution in [0.4, 0.5) is 10.5 Å². The van der Waals surface area contributed by atoms with E-state index < -0.39 is 0 Å². The van der Waals surface area contributed by atoms with E-state index in [1.54, 1.807) is 25.3 Å². The fourth-order valence-corrected chi connectivity index (χ4v) is 2.78. The molecule has 1 atom stereocenters. The van der Waals surface area contributed by atoms with Crippen LogP contribution in [-0.4, -0.2) is 13.1 Å². The van der Waals surface area contributed by atoms with Gasteiger partial charge in [0.2, 0.25) is 0 Å². The maximum absolute atomic E-state index is 12.2. The minimum absolute atomic E-state index is 0.268. The molecular weight excluding hydrogens is 335 g/mol. The molecule has 2 N–H and O–H groups in total. The molecular formula is C17H18Cl2N2O2. The quantitative estimate of drug-likeness (QED) is 0.794. The zero-order chi connectivity index (χ0) is 17.0. The summed E-state index contributed by atoms with van der Waals surface area (Å²) in [6, 6.07) is 10.1. The van der Waals surface area contributed by atoms with Crippen molar-refractivity contribution in [1.29, 1.82) is 0 Å². The van der Waals surface area contributed by atoms with E-state index in [2.05, 4.69) is 10.6 Å². The van der Waals surface area contributed by atoms with Crippen molar-refractivity contribution in [3.8, 4) is 5.75 Å². The summed E-state index contributed by atoms with van der Waals surface area (Å²) in [6.07, 6.45) is 0. The summed E-state index contributed by atoms with van der Waals surface area (Å²) in [6.45, 7) is 3.79. The van der Waals surface area contributed by atoms with Gasteiger partial charge in [0, 0.05) is 10.0 Å². The highest BCUT2D eigenvalue weighted by Crippen LogP contribution is 2.27. The standard InChI is InChI=1S/C17H18Cl2N2O2/c1-10-4-7-16(23-3)15(8-10)21-17(22)20-11(2)13-6-5-12(18)9-14(13)19/h4-9,11H,1-3H3,(H2,20,21,22)/t11-/m1/s1. The van der Waals surface area contributed by atoms with E-state index in [0.717, 1.165) is 11.1 Å². The number of halogens is 2. The Hall–Kier alpha value is -1.91. The first-order valence-corrected chi connectivity index (χ1v) is 7.83. The van der Waals surface area contributed by atoms with E-state index in [0.29, 0.717) is 21.5 Å². The molecule has 6 heteroatoms. The Morgan fingerprint density at radius 3 is 2.57 bits per heavy atom. The van der Waals surface area contributed by atoms with Crippen molar-refractivity contribution in [1.82, 2.24) is 5.32 Å². The van der Waals surface area contributed by atoms with Gasteiger partial charge in [-0.25, -0.2) is 4.79 Å². The normalized spacial score (nSPS) is 11.7. The molecule has 0 saturated carbocycles. The number of carbonyl (C=O) groups excluding carboxylic acids is 1. The van der Waals surface area contributed by atoms with E-state index in [1.807, 2.05) is 32.0 Å². The van der Waals surface area contributed by atoms with Crippen molar-refractivity contribution in [3.05, 3.63) is 57.6 Å². The summed E-state index contributed by atoms with van der Waals surface area (Å²) in [4.78, 5) is 12.2. The van der Waals surface area contributed by atoms with Crippen LogP contribution in [0.2, 0.25) is 10.0 Å². The summed E-state index contributed by atoms with van der Waals surface area (Å²) in [5, 5.41) is 6.70. The number of hydrogen-bond acceptors (Lipinski definition) is 2. The number of nitrogens with one attached hydrogen (secondary N) is 2. The summed E-state index contributed by atoms with van der Waals surface area (Å²) in [5.74, 6) is 0.600. The number of rotatable bonds is 4. The summed E-state index contributed by atoms with van der Waals surface area (Å²) < 4.78 is 5.24. The van der Waals surface area contributed by atoms with Gasteiger partial charge in [-0.15, -0.1) is 0 Å². The van der Waals surface area contributed by atoms with Crippen LogP contribution >= 0.6 is 23.2 Å². The molecule has 0 aliphatic rings. The number of amides is 2. The van der Waals surface area contributed by atoms with Gasteiger partial charge in [0.25, 0.3) is 0 Å². The number of anilines is 1. The molecule has 0 aliphatic carbocycles. The lowest BCUT2D eigenvalue weighted by Crippen LogP contribution is -2.31. The van der Waals surface area contributed by atoms with Crippen molar-refractivity contribution in [2.75, 3.05) is 12.4 Å². The second-order valence-electron chi connectivity index (χ2n) is 5.19. The predicted molar refractivity (Wildman–Crippen MR) is 94.8 cm³/mol. The Morgan fingerprint density at radius 2 is 1.91 bits per heavy atom. The highest BCUT2D eigenvalue weighted by molar-refractivity contribution is 6.35. The van der Waals surface area contributed by atoms with Gasteiger partial charge in [0.1, 0.15) is 5.75 Å². The fourth-order valence-electron chi connectivity index (χ4n) is 2.20. The molecule has 122 valence electrons. The fraction of sp³-hybridized carbons (Fsp3) is 0.235. The topological polar surface area (TPSA) is 50.4 Å². The van der Waals surface area contributed by atoms with Crippen LogP contribution in [0.25, 0.3) is 0 Å². The molecule has 0 aliphatic heterocycles. The van der Waals surface area contributed by atoms with Gasteiger partial charge in [-0.1, -0.05) is 35.3 Å². The zero-order valence-electron chi connectivity index (χ0n) is 13.1. The summed E-state index contributed by atoms with van der Waals surface area (Å²) >= 11 is 12.0. The average molecular weight is 353 g/mol. The van der Waals surface area contributed by atoms with Crippen LogP contribution in [0.3, 0.4) is 0 Å². The lowest BCUT2D eigenvalue weighted by molar-refractivity contribution is 0.249. The number of hydrogen-bond donors (Lipinski definition) is 2.